The summed E-state index contributed by atoms with van der Waals surface area (Å²) in [5.41, 5.74) is -0.713. The van der Waals surface area contributed by atoms with Crippen LogP contribution in [-0.2, 0) is 21.4 Å². The highest BCUT2D eigenvalue weighted by atomic mass is 16.3. The number of hydrogen-bond donors (Lipinski definition) is 2. The van der Waals surface area contributed by atoms with Gasteiger partial charge in [-0.15, -0.1) is 0 Å². The third kappa shape index (κ3) is 4.82. The summed E-state index contributed by atoms with van der Waals surface area (Å²) in [6.07, 6.45) is 4.10. The fraction of sp³-hybridized carbons (Fsp3) is 0.500. The molecular formula is C16H25N5O4. The Labute approximate surface area is 146 Å². The summed E-state index contributed by atoms with van der Waals surface area (Å²) in [5.74, 6) is 0.713. The number of amides is 2. The maximum atomic E-state index is 12.7. The van der Waals surface area contributed by atoms with E-state index in [1.54, 1.807) is 34.8 Å². The van der Waals surface area contributed by atoms with Gasteiger partial charge < -0.3 is 20.2 Å². The van der Waals surface area contributed by atoms with Crippen molar-refractivity contribution in [1.29, 1.82) is 0 Å². The summed E-state index contributed by atoms with van der Waals surface area (Å²) in [4.78, 5) is 36.1. The molecule has 2 amide bonds. The number of anilines is 1. The highest BCUT2D eigenvalue weighted by Crippen LogP contribution is 2.28. The van der Waals surface area contributed by atoms with Crippen LogP contribution in [0.5, 0.6) is 0 Å². The number of carboxylic acid groups (broad SMARTS) is 1. The average molecular weight is 351 g/mol. The molecule has 0 bridgehead atoms. The van der Waals surface area contributed by atoms with Crippen LogP contribution in [0.4, 0.5) is 5.82 Å². The Morgan fingerprint density at radius 3 is 2.36 bits per heavy atom. The normalized spacial score (nSPS) is 15.4. The summed E-state index contributed by atoms with van der Waals surface area (Å²) in [6.45, 7) is 4.31. The molecule has 0 spiro atoms. The Balaban J connectivity index is 0.000000970. The molecule has 1 aromatic rings. The molecule has 0 saturated carbocycles. The van der Waals surface area contributed by atoms with E-state index < -0.39 is 5.54 Å². The number of rotatable bonds is 4. The molecule has 9 nitrogen and oxygen atoms in total. The second kappa shape index (κ2) is 8.86. The molecular weight excluding hydrogens is 326 g/mol. The van der Waals surface area contributed by atoms with Crippen molar-refractivity contribution in [3.8, 4) is 0 Å². The van der Waals surface area contributed by atoms with E-state index in [4.69, 9.17) is 9.90 Å². The van der Waals surface area contributed by atoms with Gasteiger partial charge in [-0.05, 0) is 18.9 Å². The first-order valence-corrected chi connectivity index (χ1v) is 7.78. The van der Waals surface area contributed by atoms with Gasteiger partial charge in [-0.2, -0.15) is 5.10 Å². The number of carbonyl (C=O) groups excluding carboxylic acids is 2. The van der Waals surface area contributed by atoms with Crippen LogP contribution < -0.4 is 5.32 Å². The lowest BCUT2D eigenvalue weighted by molar-refractivity contribution is -0.137. The van der Waals surface area contributed by atoms with Crippen molar-refractivity contribution in [3.63, 3.8) is 0 Å². The van der Waals surface area contributed by atoms with Crippen LogP contribution in [0.25, 0.3) is 0 Å². The van der Waals surface area contributed by atoms with Gasteiger partial charge in [-0.3, -0.25) is 19.1 Å². The molecule has 1 aromatic heterocycles. The van der Waals surface area contributed by atoms with Crippen LogP contribution >= 0.6 is 0 Å². The smallest absolute Gasteiger partial charge is 0.290 e. The Morgan fingerprint density at radius 2 is 1.96 bits per heavy atom. The molecule has 1 saturated heterocycles. The molecule has 2 rings (SSSR count). The van der Waals surface area contributed by atoms with E-state index in [-0.39, 0.29) is 18.3 Å². The molecule has 0 aliphatic carbocycles. The first-order chi connectivity index (χ1) is 11.8. The molecule has 1 aliphatic rings. The highest BCUT2D eigenvalue weighted by molar-refractivity contribution is 5.90. The van der Waals surface area contributed by atoms with Gasteiger partial charge in [0.1, 0.15) is 11.4 Å². The van der Waals surface area contributed by atoms with Crippen LogP contribution in [0, 0.1) is 0 Å². The van der Waals surface area contributed by atoms with E-state index in [0.717, 1.165) is 5.82 Å². The Bertz CT molecular complexity index is 618. The Hall–Kier alpha value is -2.84. The lowest BCUT2D eigenvalue weighted by Crippen LogP contribution is -2.58. The lowest BCUT2D eigenvalue weighted by Gasteiger charge is -2.42. The van der Waals surface area contributed by atoms with E-state index in [1.165, 1.54) is 6.08 Å². The third-order valence-electron chi connectivity index (χ3n) is 4.11. The minimum absolute atomic E-state index is 0.0133. The molecule has 0 aromatic carbocycles. The third-order valence-corrected chi connectivity index (χ3v) is 4.11. The van der Waals surface area contributed by atoms with Crippen LogP contribution in [-0.4, -0.2) is 75.7 Å². The molecule has 0 unspecified atom stereocenters. The fourth-order valence-corrected chi connectivity index (χ4v) is 2.80. The van der Waals surface area contributed by atoms with Gasteiger partial charge >= 0.3 is 0 Å². The number of likely N-dealkylation sites (tertiary alicyclic amines) is 1. The SMILES string of the molecule is C=CC(=O)N1CCC(Nc2ccnn2C)(C(=O)N(C)C)CC1.O=CO. The first kappa shape index (κ1) is 20.2. The van der Waals surface area contributed by atoms with Crippen molar-refractivity contribution in [2.45, 2.75) is 18.4 Å². The topological polar surface area (TPSA) is 108 Å². The monoisotopic (exact) mass is 351 g/mol. The molecule has 25 heavy (non-hydrogen) atoms. The number of carbonyl (C=O) groups is 3. The second-order valence-corrected chi connectivity index (χ2v) is 5.88. The van der Waals surface area contributed by atoms with Crippen LogP contribution in [0.3, 0.4) is 0 Å². The van der Waals surface area contributed by atoms with Gasteiger partial charge in [-0.25, -0.2) is 0 Å². The van der Waals surface area contributed by atoms with E-state index in [2.05, 4.69) is 17.0 Å². The number of piperidine rings is 1. The van der Waals surface area contributed by atoms with Gasteiger partial charge in [0.25, 0.3) is 6.47 Å². The predicted molar refractivity (Wildman–Crippen MR) is 93.0 cm³/mol. The van der Waals surface area contributed by atoms with Crippen LogP contribution in [0.15, 0.2) is 24.9 Å². The first-order valence-electron chi connectivity index (χ1n) is 7.78. The van der Waals surface area contributed by atoms with Gasteiger partial charge in [0.05, 0.1) is 6.20 Å². The van der Waals surface area contributed by atoms with E-state index in [1.807, 2.05) is 13.1 Å². The predicted octanol–water partition coefficient (Wildman–Crippen LogP) is 0.168. The largest absolute Gasteiger partial charge is 0.483 e. The number of aryl methyl sites for hydroxylation is 1. The van der Waals surface area contributed by atoms with Crippen LogP contribution in [0.2, 0.25) is 0 Å². The average Bonchev–Trinajstić information content (AvgIpc) is 2.99. The molecule has 9 heteroatoms. The van der Waals surface area contributed by atoms with E-state index in [0.29, 0.717) is 25.9 Å². The Morgan fingerprint density at radius 1 is 1.40 bits per heavy atom. The number of nitrogens with zero attached hydrogens (tertiary/aromatic N) is 4. The van der Waals surface area contributed by atoms with Crippen molar-refractivity contribution in [2.24, 2.45) is 7.05 Å². The zero-order valence-electron chi connectivity index (χ0n) is 14.8. The summed E-state index contributed by atoms with van der Waals surface area (Å²) in [6, 6.07) is 1.84. The summed E-state index contributed by atoms with van der Waals surface area (Å²) in [7, 11) is 5.32. The van der Waals surface area contributed by atoms with Gasteiger partial charge in [0.15, 0.2) is 0 Å². The number of aromatic nitrogens is 2. The van der Waals surface area contributed by atoms with Crippen molar-refractivity contribution >= 4 is 24.1 Å². The number of likely N-dealkylation sites (N-methyl/N-ethyl adjacent to an activating group) is 1. The fourth-order valence-electron chi connectivity index (χ4n) is 2.80. The zero-order chi connectivity index (χ0) is 19.0. The standard InChI is InChI=1S/C15H23N5O2.CH2O2/c1-5-13(21)20-10-7-15(8-11-20,14(22)18(2)3)17-12-6-9-16-19(12)4;2-1-3/h5-6,9,17H,1,7-8,10-11H2,2-4H3;1H,(H,2,3). The van der Waals surface area contributed by atoms with Crippen molar-refractivity contribution in [3.05, 3.63) is 24.9 Å². The van der Waals surface area contributed by atoms with Gasteiger partial charge in [0.2, 0.25) is 11.8 Å². The molecule has 2 N–H and O–H groups in total. The number of nitrogens with one attached hydrogen (secondary N) is 1. The lowest BCUT2D eigenvalue weighted by atomic mass is 9.85. The highest BCUT2D eigenvalue weighted by Gasteiger charge is 2.43. The number of hydrogen-bond acceptors (Lipinski definition) is 5. The van der Waals surface area contributed by atoms with E-state index >= 15 is 0 Å². The summed E-state index contributed by atoms with van der Waals surface area (Å²) < 4.78 is 1.70. The van der Waals surface area contributed by atoms with Gasteiger partial charge in [0, 0.05) is 40.3 Å². The summed E-state index contributed by atoms with van der Waals surface area (Å²) in [5, 5.41) is 14.4. The van der Waals surface area contributed by atoms with Crippen molar-refractivity contribution in [2.75, 3.05) is 32.5 Å². The molecule has 1 aliphatic heterocycles. The zero-order valence-corrected chi connectivity index (χ0v) is 14.8. The van der Waals surface area contributed by atoms with E-state index in [9.17, 15) is 9.59 Å². The van der Waals surface area contributed by atoms with Crippen LogP contribution in [0.1, 0.15) is 12.8 Å². The van der Waals surface area contributed by atoms with Gasteiger partial charge in [-0.1, -0.05) is 6.58 Å². The minimum atomic E-state index is -0.713. The minimum Gasteiger partial charge on any atom is -0.483 e. The molecule has 0 atom stereocenters. The van der Waals surface area contributed by atoms with Crippen molar-refractivity contribution in [1.82, 2.24) is 19.6 Å². The maximum absolute atomic E-state index is 12.7. The molecule has 138 valence electrons. The molecule has 0 radical (unpaired) electrons. The Kier molecular flexibility index (Phi) is 7.16. The molecule has 1 fully saturated rings. The van der Waals surface area contributed by atoms with Crippen molar-refractivity contribution < 1.29 is 19.5 Å². The summed E-state index contributed by atoms with van der Waals surface area (Å²) >= 11 is 0. The molecule has 2 heterocycles. The maximum Gasteiger partial charge on any atom is 0.290 e. The quantitative estimate of drug-likeness (QED) is 0.591. The second-order valence-electron chi connectivity index (χ2n) is 5.88.